The second kappa shape index (κ2) is 8.02. The van der Waals surface area contributed by atoms with Crippen LogP contribution in [0.5, 0.6) is 0 Å². The molecule has 1 aromatic rings. The van der Waals surface area contributed by atoms with Crippen LogP contribution in [-0.4, -0.2) is 42.9 Å². The van der Waals surface area contributed by atoms with Gasteiger partial charge >= 0.3 is 0 Å². The highest BCUT2D eigenvalue weighted by Gasteiger charge is 2.24. The Morgan fingerprint density at radius 3 is 2.54 bits per heavy atom. The summed E-state index contributed by atoms with van der Waals surface area (Å²) in [5.41, 5.74) is 1.44. The van der Waals surface area contributed by atoms with E-state index in [-0.39, 0.29) is 24.2 Å². The summed E-state index contributed by atoms with van der Waals surface area (Å²) in [6, 6.07) is 7.12. The number of nitrogens with one attached hydrogen (secondary N) is 1. The molecule has 0 aliphatic carbocycles. The van der Waals surface area contributed by atoms with Crippen molar-refractivity contribution >= 4 is 34.8 Å². The van der Waals surface area contributed by atoms with Gasteiger partial charge in [-0.2, -0.15) is 5.26 Å². The molecular formula is C17H21ClN4O2. The first-order valence-electron chi connectivity index (χ1n) is 7.92. The molecule has 0 aromatic heterocycles. The maximum Gasteiger partial charge on any atom is 0.238 e. The molecule has 24 heavy (non-hydrogen) atoms. The molecule has 1 fully saturated rings. The van der Waals surface area contributed by atoms with Gasteiger partial charge in [0, 0.05) is 37.1 Å². The highest BCUT2D eigenvalue weighted by atomic mass is 35.5. The van der Waals surface area contributed by atoms with Gasteiger partial charge in [-0.25, -0.2) is 0 Å². The molecule has 1 saturated heterocycles. The van der Waals surface area contributed by atoms with Crippen LogP contribution in [0, 0.1) is 17.2 Å². The van der Waals surface area contributed by atoms with Crippen LogP contribution in [0.3, 0.4) is 0 Å². The average molecular weight is 349 g/mol. The van der Waals surface area contributed by atoms with Crippen molar-refractivity contribution in [2.75, 3.05) is 36.4 Å². The van der Waals surface area contributed by atoms with E-state index in [2.05, 4.69) is 10.2 Å². The Bertz CT molecular complexity index is 661. The minimum atomic E-state index is -0.366. The lowest BCUT2D eigenvalue weighted by Crippen LogP contribution is -2.50. The largest absolute Gasteiger partial charge is 0.366 e. The van der Waals surface area contributed by atoms with Gasteiger partial charge in [-0.05, 0) is 18.2 Å². The van der Waals surface area contributed by atoms with E-state index in [1.807, 2.05) is 30.9 Å². The van der Waals surface area contributed by atoms with Crippen LogP contribution in [0.2, 0.25) is 5.02 Å². The molecule has 128 valence electrons. The third-order valence-electron chi connectivity index (χ3n) is 3.90. The molecule has 1 aliphatic heterocycles. The number of piperazine rings is 1. The molecule has 1 N–H and O–H groups in total. The molecule has 6 nitrogen and oxygen atoms in total. The van der Waals surface area contributed by atoms with Crippen molar-refractivity contribution in [3.05, 3.63) is 23.2 Å². The van der Waals surface area contributed by atoms with Crippen molar-refractivity contribution in [1.82, 2.24) is 4.90 Å². The summed E-state index contributed by atoms with van der Waals surface area (Å²) in [5.74, 6) is -0.212. The van der Waals surface area contributed by atoms with Crippen LogP contribution in [0.1, 0.15) is 20.3 Å². The molecule has 1 aromatic carbocycles. The normalized spacial score (nSPS) is 14.5. The van der Waals surface area contributed by atoms with Gasteiger partial charge in [0.05, 0.1) is 17.4 Å². The molecule has 0 bridgehead atoms. The number of benzene rings is 1. The maximum absolute atomic E-state index is 12.1. The summed E-state index contributed by atoms with van der Waals surface area (Å²) < 4.78 is 0. The van der Waals surface area contributed by atoms with E-state index in [4.69, 9.17) is 16.9 Å². The van der Waals surface area contributed by atoms with Crippen LogP contribution in [0.25, 0.3) is 0 Å². The topological polar surface area (TPSA) is 76.4 Å². The number of nitriles is 1. The molecular weight excluding hydrogens is 328 g/mol. The van der Waals surface area contributed by atoms with Crippen molar-refractivity contribution in [1.29, 1.82) is 5.26 Å². The van der Waals surface area contributed by atoms with E-state index in [9.17, 15) is 9.59 Å². The second-order valence-corrected chi connectivity index (χ2v) is 6.45. The fourth-order valence-corrected chi connectivity index (χ4v) is 2.86. The highest BCUT2D eigenvalue weighted by Crippen LogP contribution is 2.30. The number of anilines is 2. The van der Waals surface area contributed by atoms with Crippen molar-refractivity contribution in [2.24, 2.45) is 5.92 Å². The van der Waals surface area contributed by atoms with E-state index in [0.717, 1.165) is 5.69 Å². The quantitative estimate of drug-likeness (QED) is 0.907. The number of halogens is 1. The summed E-state index contributed by atoms with van der Waals surface area (Å²) in [5, 5.41) is 11.9. The van der Waals surface area contributed by atoms with Crippen molar-refractivity contribution in [3.8, 4) is 6.07 Å². The Morgan fingerprint density at radius 1 is 1.29 bits per heavy atom. The summed E-state index contributed by atoms with van der Waals surface area (Å²) >= 11 is 6.03. The van der Waals surface area contributed by atoms with Gasteiger partial charge in [0.1, 0.15) is 6.42 Å². The minimum absolute atomic E-state index is 0.00656. The van der Waals surface area contributed by atoms with Crippen LogP contribution in [0.15, 0.2) is 18.2 Å². The number of hydrogen-bond acceptors (Lipinski definition) is 4. The van der Waals surface area contributed by atoms with Crippen LogP contribution >= 0.6 is 11.6 Å². The zero-order valence-corrected chi connectivity index (χ0v) is 14.6. The standard InChI is InChI=1S/C17H21ClN4O2/c1-12(2)17(24)22-9-7-21(8-10-22)15-4-3-13(18)11-14(15)20-16(23)5-6-19/h3-4,11-12H,5,7-10H2,1-2H3,(H,20,23). The molecule has 0 unspecified atom stereocenters. The van der Waals surface area contributed by atoms with E-state index < -0.39 is 0 Å². The van der Waals surface area contributed by atoms with Crippen LogP contribution < -0.4 is 10.2 Å². The molecule has 7 heteroatoms. The molecule has 0 radical (unpaired) electrons. The summed E-state index contributed by atoms with van der Waals surface area (Å²) in [4.78, 5) is 27.8. The Labute approximate surface area is 147 Å². The number of hydrogen-bond donors (Lipinski definition) is 1. The summed E-state index contributed by atoms with van der Waals surface area (Å²) in [6.07, 6.45) is -0.206. The number of carbonyl (C=O) groups excluding carboxylic acids is 2. The number of nitrogens with zero attached hydrogens (tertiary/aromatic N) is 3. The third-order valence-corrected chi connectivity index (χ3v) is 4.13. The first-order valence-corrected chi connectivity index (χ1v) is 8.30. The molecule has 1 heterocycles. The lowest BCUT2D eigenvalue weighted by Gasteiger charge is -2.37. The molecule has 2 rings (SSSR count). The summed E-state index contributed by atoms with van der Waals surface area (Å²) in [7, 11) is 0. The maximum atomic E-state index is 12.1. The van der Waals surface area contributed by atoms with E-state index in [0.29, 0.717) is 36.9 Å². The minimum Gasteiger partial charge on any atom is -0.366 e. The van der Waals surface area contributed by atoms with Gasteiger partial charge in [-0.15, -0.1) is 0 Å². The van der Waals surface area contributed by atoms with Gasteiger partial charge in [0.2, 0.25) is 11.8 Å². The zero-order valence-electron chi connectivity index (χ0n) is 13.9. The average Bonchev–Trinajstić information content (AvgIpc) is 2.54. The lowest BCUT2D eigenvalue weighted by molar-refractivity contribution is -0.134. The van der Waals surface area contributed by atoms with Crippen LogP contribution in [-0.2, 0) is 9.59 Å². The number of amides is 2. The van der Waals surface area contributed by atoms with E-state index >= 15 is 0 Å². The molecule has 1 aliphatic rings. The predicted octanol–water partition coefficient (Wildman–Crippen LogP) is 2.50. The van der Waals surface area contributed by atoms with E-state index in [1.54, 1.807) is 12.1 Å². The van der Waals surface area contributed by atoms with Gasteiger partial charge in [0.25, 0.3) is 0 Å². The fraction of sp³-hybridized carbons (Fsp3) is 0.471. The van der Waals surface area contributed by atoms with Crippen LogP contribution in [0.4, 0.5) is 11.4 Å². The predicted molar refractivity (Wildman–Crippen MR) is 93.9 cm³/mol. The van der Waals surface area contributed by atoms with Gasteiger partial charge in [-0.1, -0.05) is 25.4 Å². The van der Waals surface area contributed by atoms with Gasteiger partial charge in [-0.3, -0.25) is 9.59 Å². The smallest absolute Gasteiger partial charge is 0.238 e. The zero-order chi connectivity index (χ0) is 17.7. The Kier molecular flexibility index (Phi) is 6.04. The molecule has 2 amide bonds. The third kappa shape index (κ3) is 4.39. The van der Waals surface area contributed by atoms with Gasteiger partial charge in [0.15, 0.2) is 0 Å². The van der Waals surface area contributed by atoms with Crippen molar-refractivity contribution in [3.63, 3.8) is 0 Å². The Morgan fingerprint density at radius 2 is 1.96 bits per heavy atom. The van der Waals surface area contributed by atoms with Crippen molar-refractivity contribution < 1.29 is 9.59 Å². The monoisotopic (exact) mass is 348 g/mol. The Hall–Kier alpha value is -2.26. The summed E-state index contributed by atoms with van der Waals surface area (Å²) in [6.45, 7) is 6.45. The highest BCUT2D eigenvalue weighted by molar-refractivity contribution is 6.31. The lowest BCUT2D eigenvalue weighted by atomic mass is 10.1. The molecule has 0 spiro atoms. The number of rotatable bonds is 4. The fourth-order valence-electron chi connectivity index (χ4n) is 2.68. The first kappa shape index (κ1) is 18.1. The van der Waals surface area contributed by atoms with E-state index in [1.165, 1.54) is 0 Å². The first-order chi connectivity index (χ1) is 11.4. The molecule has 0 atom stereocenters. The van der Waals surface area contributed by atoms with Gasteiger partial charge < -0.3 is 15.1 Å². The van der Waals surface area contributed by atoms with Crippen molar-refractivity contribution in [2.45, 2.75) is 20.3 Å². The SMILES string of the molecule is CC(C)C(=O)N1CCN(c2ccc(Cl)cc2NC(=O)CC#N)CC1. The second-order valence-electron chi connectivity index (χ2n) is 6.01. The molecule has 0 saturated carbocycles. The number of carbonyl (C=O) groups is 2. The Balaban J connectivity index is 2.11.